The maximum atomic E-state index is 14.6. The van der Waals surface area contributed by atoms with Crippen molar-refractivity contribution in [3.05, 3.63) is 77.9 Å². The minimum Gasteiger partial charge on any atom is -0.449 e. The number of aliphatic imine (C=N–C) groups is 2. The molecular weight excluding hydrogens is 1270 g/mol. The summed E-state index contributed by atoms with van der Waals surface area (Å²) in [5.74, 6) is -10.0. The molecule has 0 saturated carbocycles. The van der Waals surface area contributed by atoms with Gasteiger partial charge in [-0.3, -0.25) is 63.1 Å². The van der Waals surface area contributed by atoms with Crippen LogP contribution in [0.25, 0.3) is 11.1 Å². The van der Waals surface area contributed by atoms with E-state index >= 15 is 0 Å². The maximum Gasteiger partial charge on any atom is 0.407 e. The molecule has 21 N–H and O–H groups in total. The zero-order valence-corrected chi connectivity index (χ0v) is 57.8. The summed E-state index contributed by atoms with van der Waals surface area (Å²) in [5.41, 5.74) is 28.1. The topological polar surface area (TPSA) is 507 Å². The first-order valence-electron chi connectivity index (χ1n) is 33.2. The Labute approximate surface area is 571 Å². The molecule has 0 saturated heterocycles. The Kier molecular flexibility index (Phi) is 33.4. The lowest BCUT2D eigenvalue weighted by molar-refractivity contribution is -0.136. The molecule has 1 aliphatic rings. The van der Waals surface area contributed by atoms with Crippen molar-refractivity contribution in [2.45, 2.75) is 181 Å². The average Bonchev–Trinajstić information content (AvgIpc) is 1.62. The number of amides is 11. The van der Waals surface area contributed by atoms with Crippen molar-refractivity contribution in [2.75, 3.05) is 32.8 Å². The van der Waals surface area contributed by atoms with Crippen molar-refractivity contribution >= 4 is 77.1 Å². The van der Waals surface area contributed by atoms with E-state index in [0.717, 1.165) is 22.3 Å². The zero-order chi connectivity index (χ0) is 72.8. The molecule has 8 atom stereocenters. The summed E-state index contributed by atoms with van der Waals surface area (Å²) < 4.78 is 5.81. The van der Waals surface area contributed by atoms with Crippen LogP contribution in [0.2, 0.25) is 0 Å². The number of alkyl carbamates (subject to hydrolysis) is 1. The van der Waals surface area contributed by atoms with Crippen LogP contribution < -0.4 is 81.6 Å². The van der Waals surface area contributed by atoms with Crippen molar-refractivity contribution in [1.82, 2.24) is 68.6 Å². The number of hydrogen-bond donors (Lipinski definition) is 17. The first-order valence-corrected chi connectivity index (χ1v) is 33.2. The molecule has 0 spiro atoms. The summed E-state index contributed by atoms with van der Waals surface area (Å²) in [6, 6.07) is 5.40. The highest BCUT2D eigenvalue weighted by molar-refractivity contribution is 5.99. The molecule has 1 heterocycles. The fraction of sp³-hybridized carbons (Fsp3) is 0.576. The number of carbonyl (C=O) groups excluding carboxylic acids is 11. The number of benzene rings is 2. The van der Waals surface area contributed by atoms with E-state index < -0.39 is 133 Å². The lowest BCUT2D eigenvalue weighted by Crippen LogP contribution is -2.61. The first-order chi connectivity index (χ1) is 46.4. The third-order valence-corrected chi connectivity index (χ3v) is 15.7. The van der Waals surface area contributed by atoms with Crippen LogP contribution in [0, 0.1) is 29.6 Å². The van der Waals surface area contributed by atoms with Gasteiger partial charge in [0.1, 0.15) is 54.9 Å². The van der Waals surface area contributed by atoms with Gasteiger partial charge >= 0.3 is 6.09 Å². The number of H-pyrrole nitrogens is 1. The van der Waals surface area contributed by atoms with Gasteiger partial charge in [-0.1, -0.05) is 118 Å². The summed E-state index contributed by atoms with van der Waals surface area (Å²) in [5, 5.41) is 35.3. The van der Waals surface area contributed by atoms with Gasteiger partial charge in [0.2, 0.25) is 53.2 Å². The molecule has 0 aliphatic heterocycles. The Morgan fingerprint density at radius 3 is 1.34 bits per heavy atom. The fourth-order valence-electron chi connectivity index (χ4n) is 10.9. The van der Waals surface area contributed by atoms with E-state index in [0.29, 0.717) is 5.69 Å². The Balaban J connectivity index is 1.54. The number of aromatic nitrogens is 2. The molecule has 540 valence electrons. The molecule has 4 rings (SSSR count). The van der Waals surface area contributed by atoms with Gasteiger partial charge in [-0.05, 0) is 103 Å². The highest BCUT2D eigenvalue weighted by atomic mass is 16.5. The van der Waals surface area contributed by atoms with Crippen molar-refractivity contribution in [3.8, 4) is 11.1 Å². The van der Waals surface area contributed by atoms with Crippen molar-refractivity contribution in [1.29, 1.82) is 0 Å². The molecule has 3 aromatic rings. The third-order valence-electron chi connectivity index (χ3n) is 15.7. The van der Waals surface area contributed by atoms with Crippen LogP contribution in [-0.4, -0.2) is 173 Å². The van der Waals surface area contributed by atoms with Gasteiger partial charge in [0, 0.05) is 37.3 Å². The number of hydrogen-bond acceptors (Lipinski definition) is 16. The van der Waals surface area contributed by atoms with Crippen LogP contribution in [-0.2, 0) is 59.1 Å². The van der Waals surface area contributed by atoms with E-state index in [2.05, 4.69) is 73.1 Å². The SMILES string of the molecule is CC(C)C[C@H](NC(=O)OCC1c2ccccc2-c2ccccc21)C(=O)N[C@@H](Cc1cnc[nH]1)C(=O)N[C@@H](CC(C)C)C(=O)N[C@H](C(=O)N[C@@H](CC(C)C)C(=O)N[C@@H](CCCN=C(N)N)C(=O)N[C@@H](CC(C)C)C(=O)N[C@@H](CCCN=C(N)N)C(=O)NCC(=O)NCC(=O)NO)C(C)C. The van der Waals surface area contributed by atoms with E-state index in [1.54, 1.807) is 41.5 Å². The van der Waals surface area contributed by atoms with Crippen LogP contribution in [0.3, 0.4) is 0 Å². The van der Waals surface area contributed by atoms with Crippen LogP contribution in [0.5, 0.6) is 0 Å². The number of nitrogens with one attached hydrogen (secondary N) is 12. The number of nitrogens with zero attached hydrogens (tertiary/aromatic N) is 3. The number of hydroxylamine groups is 1. The number of ether oxygens (including phenoxy) is 1. The summed E-state index contributed by atoms with van der Waals surface area (Å²) in [6.07, 6.45) is 2.45. The number of imidazole rings is 1. The van der Waals surface area contributed by atoms with Crippen molar-refractivity contribution in [2.24, 2.45) is 62.5 Å². The molecule has 0 fully saturated rings. The molecule has 98 heavy (non-hydrogen) atoms. The number of nitrogens with two attached hydrogens (primary N) is 4. The van der Waals surface area contributed by atoms with Crippen molar-refractivity contribution in [3.63, 3.8) is 0 Å². The van der Waals surface area contributed by atoms with Crippen LogP contribution in [0.1, 0.15) is 143 Å². The second-order valence-electron chi connectivity index (χ2n) is 26.3. The molecule has 32 heteroatoms. The number of rotatable bonds is 41. The Hall–Kier alpha value is -9.88. The van der Waals surface area contributed by atoms with E-state index in [-0.39, 0.29) is 119 Å². The molecule has 32 nitrogen and oxygen atoms in total. The van der Waals surface area contributed by atoms with Crippen LogP contribution >= 0.6 is 0 Å². The number of guanidine groups is 2. The summed E-state index contributed by atoms with van der Waals surface area (Å²) >= 11 is 0. The number of aromatic amines is 1. The van der Waals surface area contributed by atoms with Crippen molar-refractivity contribution < 1.29 is 62.7 Å². The van der Waals surface area contributed by atoms with Gasteiger partial charge in [0.25, 0.3) is 5.91 Å². The molecule has 2 aromatic carbocycles. The van der Waals surface area contributed by atoms with E-state index in [9.17, 15) is 52.7 Å². The molecule has 1 aliphatic carbocycles. The first kappa shape index (κ1) is 80.6. The molecule has 0 bridgehead atoms. The largest absolute Gasteiger partial charge is 0.449 e. The Morgan fingerprint density at radius 1 is 0.500 bits per heavy atom. The standard InChI is InChI=1S/C66H103N19O13/c1-35(2)25-48(58(90)77-46(21-15-23-72-64(67)68)56(88)75-31-53(86)74-32-54(87)85-97)79-57(89)47(22-16-24-73-65(69)70)78-59(91)49(26-36(3)4)82-63(95)55(39(9)10)84-62(94)50(27-37(5)6)80-61(93)52(29-40-30-71-34-76-40)81-60(92)51(28-38(7)8)83-66(96)98-33-45-43-19-13-11-17-41(43)42-18-12-14-20-44(42)45/h11-14,17-20,30,34-39,45-52,55,97H,15-16,21-29,31-33H2,1-10H3,(H,71,76)(H,74,86)(H,75,88)(H,77,90)(H,78,91)(H,79,89)(H,80,93)(H,81,92)(H,82,95)(H,83,96)(H,84,94)(H,85,87)(H4,67,68,72)(H4,69,70,73)/t46-,47-,48-,49-,50-,51-,52-,55-/m0/s1. The number of carbonyl (C=O) groups is 11. The summed E-state index contributed by atoms with van der Waals surface area (Å²) in [6.45, 7) is 16.8. The van der Waals surface area contributed by atoms with Gasteiger partial charge < -0.3 is 85.8 Å². The van der Waals surface area contributed by atoms with Gasteiger partial charge in [-0.2, -0.15) is 0 Å². The lowest BCUT2D eigenvalue weighted by Gasteiger charge is -2.30. The van der Waals surface area contributed by atoms with Gasteiger partial charge in [-0.15, -0.1) is 0 Å². The van der Waals surface area contributed by atoms with Gasteiger partial charge in [0.15, 0.2) is 11.9 Å². The minimum atomic E-state index is -1.38. The average molecular weight is 1370 g/mol. The van der Waals surface area contributed by atoms with E-state index in [1.165, 1.54) is 18.0 Å². The smallest absolute Gasteiger partial charge is 0.407 e. The molecule has 0 unspecified atom stereocenters. The minimum absolute atomic E-state index is 0.00392. The quantitative estimate of drug-likeness (QED) is 0.0116. The lowest BCUT2D eigenvalue weighted by atomic mass is 9.97. The molecule has 11 amide bonds. The highest BCUT2D eigenvalue weighted by Crippen LogP contribution is 2.44. The molecule has 0 radical (unpaired) electrons. The van der Waals surface area contributed by atoms with Crippen LogP contribution in [0.15, 0.2) is 71.0 Å². The fourth-order valence-corrected chi connectivity index (χ4v) is 10.9. The number of fused-ring (bicyclic) bond motifs is 3. The van der Waals surface area contributed by atoms with Gasteiger partial charge in [-0.25, -0.2) is 15.3 Å². The predicted octanol–water partition coefficient (Wildman–Crippen LogP) is -0.0615. The molecular formula is C66H103N19O13. The maximum absolute atomic E-state index is 14.6. The third kappa shape index (κ3) is 27.7. The van der Waals surface area contributed by atoms with Crippen LogP contribution in [0.4, 0.5) is 4.79 Å². The van der Waals surface area contributed by atoms with E-state index in [4.69, 9.17) is 32.9 Å². The monoisotopic (exact) mass is 1370 g/mol. The predicted molar refractivity (Wildman–Crippen MR) is 366 cm³/mol. The summed E-state index contributed by atoms with van der Waals surface area (Å²) in [7, 11) is 0. The van der Waals surface area contributed by atoms with Gasteiger partial charge in [0.05, 0.1) is 19.4 Å². The Morgan fingerprint density at radius 2 is 0.898 bits per heavy atom. The zero-order valence-electron chi connectivity index (χ0n) is 57.8. The second-order valence-corrected chi connectivity index (χ2v) is 26.3. The Bertz CT molecular complexity index is 3180. The second kappa shape index (κ2) is 40.6. The van der Waals surface area contributed by atoms with E-state index in [1.807, 2.05) is 76.2 Å². The normalized spacial score (nSPS) is 14.1. The molecule has 1 aromatic heterocycles. The highest BCUT2D eigenvalue weighted by Gasteiger charge is 2.37. The summed E-state index contributed by atoms with van der Waals surface area (Å²) in [4.78, 5) is 167.